The normalized spacial score (nSPS) is 13.5. The summed E-state index contributed by atoms with van der Waals surface area (Å²) in [5, 5.41) is 23.9. The number of hydrogen-bond donors (Lipinski definition) is 3. The first-order chi connectivity index (χ1) is 32.0. The van der Waals surface area contributed by atoms with Crippen molar-refractivity contribution in [2.75, 3.05) is 6.61 Å². The van der Waals surface area contributed by atoms with Crippen molar-refractivity contribution in [3.63, 3.8) is 0 Å². The maximum absolute atomic E-state index is 13.2. The van der Waals surface area contributed by atoms with E-state index in [4.69, 9.17) is 4.74 Å². The van der Waals surface area contributed by atoms with E-state index >= 15 is 0 Å². The van der Waals surface area contributed by atoms with Crippen molar-refractivity contribution in [1.82, 2.24) is 5.32 Å². The van der Waals surface area contributed by atoms with E-state index in [2.05, 4.69) is 74.7 Å². The van der Waals surface area contributed by atoms with Gasteiger partial charge in [0.1, 0.15) is 6.10 Å². The summed E-state index contributed by atoms with van der Waals surface area (Å²) in [6.45, 7) is 6.46. The van der Waals surface area contributed by atoms with Crippen LogP contribution < -0.4 is 5.32 Å². The molecule has 0 aromatic carbocycles. The lowest BCUT2D eigenvalue weighted by molar-refractivity contribution is -0.150. The standard InChI is InChI=1S/C59H109NO5/c1-4-7-10-13-16-19-22-25-27-29-30-33-35-38-41-44-47-50-55(65-59(64)52-49-46-43-40-37-32-24-21-18-15-12-9-6-3)53-58(63)60-56(54-61)57(62)51-48-45-42-39-36-34-31-28-26-23-20-17-14-11-8-5-2/h16,19,25,27,32,37,43,46,55-57,61-62H,4-15,17-18,20-24,26,28-31,33-36,38-42,44-45,47-54H2,1-3H3,(H,60,63)/b19-16-,27-25-,37-32-,46-43+. The van der Waals surface area contributed by atoms with Gasteiger partial charge < -0.3 is 20.3 Å². The zero-order valence-electron chi connectivity index (χ0n) is 43.4. The minimum Gasteiger partial charge on any atom is -0.462 e. The Hall–Kier alpha value is -2.18. The molecular weight excluding hydrogens is 803 g/mol. The van der Waals surface area contributed by atoms with Crippen LogP contribution in [-0.4, -0.2) is 46.9 Å². The largest absolute Gasteiger partial charge is 0.462 e. The van der Waals surface area contributed by atoms with E-state index in [0.29, 0.717) is 19.3 Å². The average Bonchev–Trinajstić information content (AvgIpc) is 3.30. The van der Waals surface area contributed by atoms with Crippen LogP contribution in [0.4, 0.5) is 0 Å². The molecule has 6 nitrogen and oxygen atoms in total. The number of aliphatic hydroxyl groups is 2. The summed E-state index contributed by atoms with van der Waals surface area (Å²) in [7, 11) is 0. The second kappa shape index (κ2) is 52.8. The molecule has 0 fully saturated rings. The first-order valence-electron chi connectivity index (χ1n) is 28.4. The van der Waals surface area contributed by atoms with Gasteiger partial charge in [-0.2, -0.15) is 0 Å². The Labute approximate surface area is 404 Å². The van der Waals surface area contributed by atoms with Crippen LogP contribution in [0.2, 0.25) is 0 Å². The fraction of sp³-hybridized carbons (Fsp3) is 0.831. The molecule has 0 saturated heterocycles. The third-order valence-electron chi connectivity index (χ3n) is 12.9. The molecule has 0 saturated carbocycles. The van der Waals surface area contributed by atoms with Crippen LogP contribution >= 0.6 is 0 Å². The Bertz CT molecular complexity index is 1110. The van der Waals surface area contributed by atoms with Gasteiger partial charge in [0.25, 0.3) is 0 Å². The molecule has 3 unspecified atom stereocenters. The first kappa shape index (κ1) is 62.8. The van der Waals surface area contributed by atoms with Crippen molar-refractivity contribution in [1.29, 1.82) is 0 Å². The van der Waals surface area contributed by atoms with Gasteiger partial charge in [0, 0.05) is 6.42 Å². The monoisotopic (exact) mass is 912 g/mol. The predicted molar refractivity (Wildman–Crippen MR) is 282 cm³/mol. The number of ether oxygens (including phenoxy) is 1. The smallest absolute Gasteiger partial charge is 0.306 e. The fourth-order valence-electron chi connectivity index (χ4n) is 8.57. The van der Waals surface area contributed by atoms with Crippen LogP contribution in [0.1, 0.15) is 290 Å². The molecule has 0 bridgehead atoms. The van der Waals surface area contributed by atoms with Gasteiger partial charge in [-0.25, -0.2) is 0 Å². The molecule has 0 aliphatic heterocycles. The van der Waals surface area contributed by atoms with Crippen molar-refractivity contribution >= 4 is 11.9 Å². The van der Waals surface area contributed by atoms with Crippen LogP contribution in [0.5, 0.6) is 0 Å². The number of unbranched alkanes of at least 4 members (excludes halogenated alkanes) is 31. The van der Waals surface area contributed by atoms with Crippen molar-refractivity contribution in [3.05, 3.63) is 48.6 Å². The number of hydrogen-bond acceptors (Lipinski definition) is 5. The van der Waals surface area contributed by atoms with Crippen LogP contribution in [0, 0.1) is 0 Å². The van der Waals surface area contributed by atoms with Gasteiger partial charge in [-0.1, -0.05) is 249 Å². The molecule has 0 aliphatic carbocycles. The van der Waals surface area contributed by atoms with Gasteiger partial charge in [-0.05, 0) is 77.0 Å². The van der Waals surface area contributed by atoms with Gasteiger partial charge in [-0.3, -0.25) is 9.59 Å². The molecule has 0 rings (SSSR count). The van der Waals surface area contributed by atoms with E-state index in [1.54, 1.807) is 0 Å². The van der Waals surface area contributed by atoms with Crippen molar-refractivity contribution < 1.29 is 24.5 Å². The molecule has 65 heavy (non-hydrogen) atoms. The van der Waals surface area contributed by atoms with Gasteiger partial charge in [-0.15, -0.1) is 0 Å². The molecule has 0 aliphatic rings. The molecule has 3 atom stereocenters. The highest BCUT2D eigenvalue weighted by Crippen LogP contribution is 2.18. The molecule has 6 heteroatoms. The Morgan fingerprint density at radius 3 is 1.20 bits per heavy atom. The van der Waals surface area contributed by atoms with Crippen LogP contribution in [0.3, 0.4) is 0 Å². The quantitative estimate of drug-likeness (QED) is 0.0321. The average molecular weight is 913 g/mol. The third kappa shape index (κ3) is 48.1. The molecule has 0 radical (unpaired) electrons. The zero-order valence-corrected chi connectivity index (χ0v) is 43.4. The summed E-state index contributed by atoms with van der Waals surface area (Å²) in [6.07, 6.45) is 64.7. The Morgan fingerprint density at radius 2 is 0.785 bits per heavy atom. The van der Waals surface area contributed by atoms with E-state index in [-0.39, 0.29) is 31.3 Å². The van der Waals surface area contributed by atoms with Gasteiger partial charge in [0.05, 0.1) is 25.2 Å². The summed E-state index contributed by atoms with van der Waals surface area (Å²) in [6, 6.07) is -0.715. The SMILES string of the molecule is CCCCC/C=C\C/C=C\CCCCCCCCCC(CC(=O)NC(CO)C(O)CCCCCCCCCCCCCCCCCC)OC(=O)CC/C=C/C/C=C\CCCCCCCC. The summed E-state index contributed by atoms with van der Waals surface area (Å²) >= 11 is 0. The number of allylic oxidation sites excluding steroid dienone is 8. The lowest BCUT2D eigenvalue weighted by atomic mass is 10.0. The summed E-state index contributed by atoms with van der Waals surface area (Å²) in [5.41, 5.74) is 0. The molecule has 0 spiro atoms. The highest BCUT2D eigenvalue weighted by atomic mass is 16.5. The lowest BCUT2D eigenvalue weighted by Gasteiger charge is -2.24. The highest BCUT2D eigenvalue weighted by molar-refractivity contribution is 5.77. The summed E-state index contributed by atoms with van der Waals surface area (Å²) in [5.74, 6) is -0.553. The molecule has 0 aromatic rings. The van der Waals surface area contributed by atoms with Crippen molar-refractivity contribution in [3.8, 4) is 0 Å². The number of carbonyl (C=O) groups excluding carboxylic acids is 2. The zero-order chi connectivity index (χ0) is 47.4. The predicted octanol–water partition coefficient (Wildman–Crippen LogP) is 17.4. The number of aliphatic hydroxyl groups excluding tert-OH is 2. The first-order valence-corrected chi connectivity index (χ1v) is 28.4. The van der Waals surface area contributed by atoms with E-state index in [1.165, 1.54) is 173 Å². The summed E-state index contributed by atoms with van der Waals surface area (Å²) < 4.78 is 5.91. The molecule has 3 N–H and O–H groups in total. The van der Waals surface area contributed by atoms with Crippen LogP contribution in [0.25, 0.3) is 0 Å². The minimum atomic E-state index is -0.799. The lowest BCUT2D eigenvalue weighted by Crippen LogP contribution is -2.46. The molecule has 0 aromatic heterocycles. The van der Waals surface area contributed by atoms with E-state index < -0.39 is 18.2 Å². The highest BCUT2D eigenvalue weighted by Gasteiger charge is 2.24. The Balaban J connectivity index is 4.60. The minimum absolute atomic E-state index is 0.0510. The van der Waals surface area contributed by atoms with E-state index in [0.717, 1.165) is 64.2 Å². The maximum atomic E-state index is 13.2. The van der Waals surface area contributed by atoms with Crippen molar-refractivity contribution in [2.24, 2.45) is 0 Å². The van der Waals surface area contributed by atoms with Gasteiger partial charge >= 0.3 is 5.97 Å². The van der Waals surface area contributed by atoms with Crippen LogP contribution in [-0.2, 0) is 14.3 Å². The van der Waals surface area contributed by atoms with E-state index in [1.807, 2.05) is 0 Å². The second-order valence-electron chi connectivity index (χ2n) is 19.3. The van der Waals surface area contributed by atoms with Gasteiger partial charge in [0.15, 0.2) is 0 Å². The summed E-state index contributed by atoms with van der Waals surface area (Å²) in [4.78, 5) is 26.2. The molecule has 0 heterocycles. The number of rotatable bonds is 51. The Kier molecular flexibility index (Phi) is 51.0. The Morgan fingerprint density at radius 1 is 0.446 bits per heavy atom. The number of esters is 1. The maximum Gasteiger partial charge on any atom is 0.306 e. The van der Waals surface area contributed by atoms with Crippen LogP contribution in [0.15, 0.2) is 48.6 Å². The molecule has 380 valence electrons. The van der Waals surface area contributed by atoms with Gasteiger partial charge in [0.2, 0.25) is 5.91 Å². The number of amides is 1. The number of carbonyl (C=O) groups is 2. The number of nitrogens with one attached hydrogen (secondary N) is 1. The van der Waals surface area contributed by atoms with Crippen molar-refractivity contribution in [2.45, 2.75) is 309 Å². The fourth-order valence-corrected chi connectivity index (χ4v) is 8.57. The van der Waals surface area contributed by atoms with E-state index in [9.17, 15) is 19.8 Å². The topological polar surface area (TPSA) is 95.9 Å². The second-order valence-corrected chi connectivity index (χ2v) is 19.3. The third-order valence-corrected chi connectivity index (χ3v) is 12.9. The molecule has 1 amide bonds. The molecular formula is C59H109NO5.